The molecule has 0 saturated carbocycles. The van der Waals surface area contributed by atoms with Crippen molar-refractivity contribution in [3.63, 3.8) is 0 Å². The molecule has 136 valence electrons. The summed E-state index contributed by atoms with van der Waals surface area (Å²) in [7, 11) is 0. The van der Waals surface area contributed by atoms with Gasteiger partial charge in [-0.05, 0) is 42.5 Å². The van der Waals surface area contributed by atoms with E-state index in [1.807, 2.05) is 0 Å². The number of aromatic nitrogens is 2. The zero-order chi connectivity index (χ0) is 18.8. The van der Waals surface area contributed by atoms with E-state index in [-0.39, 0.29) is 24.1 Å². The summed E-state index contributed by atoms with van der Waals surface area (Å²) < 4.78 is 37.0. The highest BCUT2D eigenvalue weighted by atomic mass is 19.1. The maximum Gasteiger partial charge on any atom is 0.257 e. The first-order valence-corrected chi connectivity index (χ1v) is 7.85. The molecule has 0 unspecified atom stereocenters. The minimum absolute atomic E-state index is 0.0582. The Kier molecular flexibility index (Phi) is 4.25. The molecule has 0 spiro atoms. The van der Waals surface area contributed by atoms with Gasteiger partial charge in [-0.15, -0.1) is 10.2 Å². The third-order valence-electron chi connectivity index (χ3n) is 3.73. The van der Waals surface area contributed by atoms with Crippen LogP contribution in [0.3, 0.4) is 0 Å². The fourth-order valence-electron chi connectivity index (χ4n) is 2.42. The Morgan fingerprint density at radius 1 is 0.926 bits per heavy atom. The zero-order valence-corrected chi connectivity index (χ0v) is 13.7. The van der Waals surface area contributed by atoms with Gasteiger partial charge in [-0.3, -0.25) is 4.79 Å². The number of ether oxygens (including phenoxy) is 2. The number of nitrogens with one attached hydrogen (secondary N) is 2. The second-order valence-corrected chi connectivity index (χ2v) is 5.58. The Morgan fingerprint density at radius 2 is 1.70 bits per heavy atom. The van der Waals surface area contributed by atoms with Gasteiger partial charge in [0.25, 0.3) is 5.91 Å². The van der Waals surface area contributed by atoms with Crippen molar-refractivity contribution >= 4 is 23.2 Å². The smallest absolute Gasteiger partial charge is 0.257 e. The summed E-state index contributed by atoms with van der Waals surface area (Å²) >= 11 is 0. The quantitative estimate of drug-likeness (QED) is 0.731. The second-order valence-electron chi connectivity index (χ2n) is 5.58. The number of carbonyl (C=O) groups is 1. The first kappa shape index (κ1) is 16.7. The first-order valence-electron chi connectivity index (χ1n) is 7.85. The molecule has 1 aliphatic rings. The molecule has 0 atom stereocenters. The van der Waals surface area contributed by atoms with Gasteiger partial charge in [0, 0.05) is 11.6 Å². The number of fused-ring (bicyclic) bond motifs is 1. The van der Waals surface area contributed by atoms with E-state index in [1.165, 1.54) is 18.2 Å². The molecule has 7 nitrogen and oxygen atoms in total. The van der Waals surface area contributed by atoms with E-state index in [9.17, 15) is 13.6 Å². The second kappa shape index (κ2) is 6.87. The van der Waals surface area contributed by atoms with Crippen molar-refractivity contribution in [2.45, 2.75) is 0 Å². The lowest BCUT2D eigenvalue weighted by Gasteiger charge is -2.08. The minimum Gasteiger partial charge on any atom is -0.454 e. The van der Waals surface area contributed by atoms with Crippen LogP contribution in [0.15, 0.2) is 48.5 Å². The number of nitrogens with zero attached hydrogens (tertiary/aromatic N) is 2. The summed E-state index contributed by atoms with van der Waals surface area (Å²) in [5.41, 5.74) is 0.430. The monoisotopic (exact) mass is 370 g/mol. The molecular weight excluding hydrogens is 358 g/mol. The third kappa shape index (κ3) is 3.61. The van der Waals surface area contributed by atoms with Crippen LogP contribution in [0.5, 0.6) is 11.5 Å². The molecule has 1 aromatic heterocycles. The molecule has 27 heavy (non-hydrogen) atoms. The van der Waals surface area contributed by atoms with Gasteiger partial charge in [0.15, 0.2) is 23.1 Å². The van der Waals surface area contributed by atoms with E-state index in [1.54, 1.807) is 18.2 Å². The van der Waals surface area contributed by atoms with Crippen LogP contribution in [-0.4, -0.2) is 22.9 Å². The molecule has 3 aromatic rings. The molecule has 9 heteroatoms. The lowest BCUT2D eigenvalue weighted by atomic mass is 10.2. The molecule has 0 aliphatic carbocycles. The van der Waals surface area contributed by atoms with Crippen molar-refractivity contribution in [3.8, 4) is 11.5 Å². The van der Waals surface area contributed by atoms with E-state index < -0.39 is 17.5 Å². The molecule has 1 amide bonds. The lowest BCUT2D eigenvalue weighted by Crippen LogP contribution is -2.13. The van der Waals surface area contributed by atoms with E-state index in [4.69, 9.17) is 9.47 Å². The van der Waals surface area contributed by atoms with Gasteiger partial charge in [0.1, 0.15) is 11.6 Å². The predicted molar refractivity (Wildman–Crippen MR) is 92.2 cm³/mol. The van der Waals surface area contributed by atoms with Gasteiger partial charge in [-0.1, -0.05) is 0 Å². The largest absolute Gasteiger partial charge is 0.454 e. The van der Waals surface area contributed by atoms with Crippen molar-refractivity contribution in [2.75, 3.05) is 17.4 Å². The summed E-state index contributed by atoms with van der Waals surface area (Å²) in [5.74, 6) is -0.302. The summed E-state index contributed by atoms with van der Waals surface area (Å²) in [6, 6.07) is 11.0. The van der Waals surface area contributed by atoms with Crippen molar-refractivity contribution in [1.82, 2.24) is 10.2 Å². The van der Waals surface area contributed by atoms with Crippen LogP contribution in [0, 0.1) is 11.6 Å². The number of benzene rings is 2. The molecule has 4 rings (SSSR count). The van der Waals surface area contributed by atoms with E-state index in [0.29, 0.717) is 17.1 Å². The van der Waals surface area contributed by atoms with E-state index >= 15 is 0 Å². The maximum absolute atomic E-state index is 13.6. The Bertz CT molecular complexity index is 1010. The van der Waals surface area contributed by atoms with E-state index in [2.05, 4.69) is 20.8 Å². The average Bonchev–Trinajstić information content (AvgIpc) is 3.13. The molecule has 0 radical (unpaired) electrons. The van der Waals surface area contributed by atoms with Gasteiger partial charge in [-0.2, -0.15) is 0 Å². The van der Waals surface area contributed by atoms with E-state index in [0.717, 1.165) is 12.1 Å². The molecule has 1 aliphatic heterocycles. The fourth-order valence-corrected chi connectivity index (χ4v) is 2.42. The fraction of sp³-hybridized carbons (Fsp3) is 0.0556. The van der Waals surface area contributed by atoms with Crippen LogP contribution < -0.4 is 20.1 Å². The highest BCUT2D eigenvalue weighted by Crippen LogP contribution is 2.32. The number of hydrogen-bond donors (Lipinski definition) is 2. The highest BCUT2D eigenvalue weighted by Gasteiger charge is 2.16. The summed E-state index contributed by atoms with van der Waals surface area (Å²) in [6.45, 7) is 0.120. The normalized spacial score (nSPS) is 11.9. The maximum atomic E-state index is 13.6. The lowest BCUT2D eigenvalue weighted by molar-refractivity contribution is 0.102. The van der Waals surface area contributed by atoms with Crippen LogP contribution in [0.4, 0.5) is 26.1 Å². The van der Waals surface area contributed by atoms with Gasteiger partial charge in [-0.25, -0.2) is 8.78 Å². The van der Waals surface area contributed by atoms with Crippen molar-refractivity contribution in [2.24, 2.45) is 0 Å². The van der Waals surface area contributed by atoms with Crippen LogP contribution in [0.1, 0.15) is 10.4 Å². The molecule has 2 N–H and O–H groups in total. The molecular formula is C18H12F2N4O3. The van der Waals surface area contributed by atoms with Crippen molar-refractivity contribution < 1.29 is 23.0 Å². The Morgan fingerprint density at radius 3 is 2.48 bits per heavy atom. The SMILES string of the molecule is O=C(Nc1ccc(Nc2ccc(F)cc2F)nn1)c1ccc2c(c1)OCO2. The third-order valence-corrected chi connectivity index (χ3v) is 3.73. The highest BCUT2D eigenvalue weighted by molar-refractivity contribution is 6.04. The van der Waals surface area contributed by atoms with Crippen molar-refractivity contribution in [1.29, 1.82) is 0 Å². The number of carbonyl (C=O) groups excluding carboxylic acids is 1. The standard InChI is InChI=1S/C18H12F2N4O3/c19-11-2-3-13(12(20)8-11)21-16-5-6-17(24-23-16)22-18(25)10-1-4-14-15(7-10)27-9-26-14/h1-8H,9H2,(H,21,23)(H,22,24,25). The Balaban J connectivity index is 1.43. The topological polar surface area (TPSA) is 85.4 Å². The number of hydrogen-bond acceptors (Lipinski definition) is 6. The van der Waals surface area contributed by atoms with Gasteiger partial charge >= 0.3 is 0 Å². The Labute approximate surface area is 151 Å². The molecule has 2 aromatic carbocycles. The van der Waals surface area contributed by atoms with Crippen molar-refractivity contribution in [3.05, 3.63) is 65.7 Å². The van der Waals surface area contributed by atoms with Gasteiger partial charge in [0.05, 0.1) is 5.69 Å². The minimum atomic E-state index is -0.753. The molecule has 2 heterocycles. The summed E-state index contributed by atoms with van der Waals surface area (Å²) in [6.07, 6.45) is 0. The first-order chi connectivity index (χ1) is 13.1. The Hall–Kier alpha value is -3.75. The summed E-state index contributed by atoms with van der Waals surface area (Å²) in [4.78, 5) is 12.3. The molecule has 0 fully saturated rings. The predicted octanol–water partition coefficient (Wildman–Crippen LogP) is 3.48. The number of amides is 1. The number of rotatable bonds is 4. The van der Waals surface area contributed by atoms with Gasteiger partial charge < -0.3 is 20.1 Å². The van der Waals surface area contributed by atoms with Crippen LogP contribution >= 0.6 is 0 Å². The molecule has 0 saturated heterocycles. The van der Waals surface area contributed by atoms with Gasteiger partial charge in [0.2, 0.25) is 6.79 Å². The van der Waals surface area contributed by atoms with Crippen LogP contribution in [-0.2, 0) is 0 Å². The zero-order valence-electron chi connectivity index (χ0n) is 13.7. The summed E-state index contributed by atoms with van der Waals surface area (Å²) in [5, 5.41) is 13.0. The average molecular weight is 370 g/mol. The molecule has 0 bridgehead atoms. The number of halogens is 2. The van der Waals surface area contributed by atoms with Crippen LogP contribution in [0.25, 0.3) is 0 Å². The number of anilines is 3. The van der Waals surface area contributed by atoms with Crippen LogP contribution in [0.2, 0.25) is 0 Å².